The predicted molar refractivity (Wildman–Crippen MR) is 118 cm³/mol. The molecule has 3 aromatic rings. The topological polar surface area (TPSA) is 57.3 Å². The van der Waals surface area contributed by atoms with Crippen LogP contribution in [0, 0.1) is 0 Å². The number of rotatable bonds is 8. The van der Waals surface area contributed by atoms with Crippen molar-refractivity contribution in [2.24, 2.45) is 0 Å². The van der Waals surface area contributed by atoms with Gasteiger partial charge in [-0.05, 0) is 51.1 Å². The van der Waals surface area contributed by atoms with Crippen LogP contribution in [0.25, 0.3) is 10.9 Å². The van der Waals surface area contributed by atoms with Crippen LogP contribution in [0.3, 0.4) is 0 Å². The number of fused-ring (bicyclic) bond motifs is 1. The summed E-state index contributed by atoms with van der Waals surface area (Å²) in [6.45, 7) is 0.747. The normalized spacial score (nSPS) is 14.7. The summed E-state index contributed by atoms with van der Waals surface area (Å²) < 4.78 is 0. The van der Waals surface area contributed by atoms with Crippen LogP contribution in [-0.2, 0) is 6.42 Å². The lowest BCUT2D eigenvalue weighted by molar-refractivity contribution is 0.0952. The molecule has 1 aliphatic rings. The van der Waals surface area contributed by atoms with Gasteiger partial charge in [-0.1, -0.05) is 48.5 Å². The Balaban J connectivity index is 1.54. The van der Waals surface area contributed by atoms with Crippen molar-refractivity contribution >= 4 is 22.6 Å². The first-order valence-corrected chi connectivity index (χ1v) is 10.2. The Morgan fingerprint density at radius 3 is 2.55 bits per heavy atom. The molecule has 1 fully saturated rings. The Bertz CT molecular complexity index is 983. The third-order valence-corrected chi connectivity index (χ3v) is 5.44. The number of para-hydroxylation sites is 1. The molecule has 0 bridgehead atoms. The van der Waals surface area contributed by atoms with Crippen LogP contribution in [0.4, 0.5) is 5.82 Å². The van der Waals surface area contributed by atoms with E-state index in [4.69, 9.17) is 4.98 Å². The highest BCUT2D eigenvalue weighted by molar-refractivity contribution is 6.07. The van der Waals surface area contributed by atoms with Gasteiger partial charge in [-0.2, -0.15) is 0 Å². The van der Waals surface area contributed by atoms with Crippen LogP contribution in [-0.4, -0.2) is 48.5 Å². The van der Waals surface area contributed by atoms with E-state index in [-0.39, 0.29) is 5.91 Å². The van der Waals surface area contributed by atoms with Crippen LogP contribution in [0.1, 0.15) is 28.8 Å². The van der Waals surface area contributed by atoms with Crippen LogP contribution in [0.2, 0.25) is 0 Å². The number of pyridine rings is 1. The van der Waals surface area contributed by atoms with Crippen LogP contribution < -0.4 is 10.6 Å². The van der Waals surface area contributed by atoms with E-state index in [2.05, 4.69) is 53.9 Å². The highest BCUT2D eigenvalue weighted by atomic mass is 16.1. The van der Waals surface area contributed by atoms with Gasteiger partial charge in [-0.3, -0.25) is 4.79 Å². The minimum Gasteiger partial charge on any atom is -0.368 e. The minimum absolute atomic E-state index is 0.0115. The summed E-state index contributed by atoms with van der Waals surface area (Å²) in [7, 11) is 4.19. The number of hydrogen-bond acceptors (Lipinski definition) is 4. The van der Waals surface area contributed by atoms with Crippen molar-refractivity contribution in [3.8, 4) is 0 Å². The number of aromatic nitrogens is 1. The molecule has 0 aliphatic heterocycles. The van der Waals surface area contributed by atoms with E-state index < -0.39 is 0 Å². The molecule has 1 aliphatic carbocycles. The molecule has 1 aromatic heterocycles. The Morgan fingerprint density at radius 1 is 1.10 bits per heavy atom. The highest BCUT2D eigenvalue weighted by Crippen LogP contribution is 2.24. The van der Waals surface area contributed by atoms with Gasteiger partial charge < -0.3 is 15.5 Å². The summed E-state index contributed by atoms with van der Waals surface area (Å²) in [5, 5.41) is 7.47. The summed E-state index contributed by atoms with van der Waals surface area (Å²) in [6.07, 6.45) is 3.09. The van der Waals surface area contributed by atoms with Crippen molar-refractivity contribution in [1.82, 2.24) is 15.2 Å². The van der Waals surface area contributed by atoms with E-state index in [9.17, 15) is 4.79 Å². The lowest BCUT2D eigenvalue weighted by Crippen LogP contribution is -2.36. The van der Waals surface area contributed by atoms with Gasteiger partial charge in [-0.25, -0.2) is 4.98 Å². The van der Waals surface area contributed by atoms with E-state index in [0.29, 0.717) is 17.6 Å². The molecule has 0 saturated heterocycles. The van der Waals surface area contributed by atoms with Crippen molar-refractivity contribution in [3.63, 3.8) is 0 Å². The summed E-state index contributed by atoms with van der Waals surface area (Å²) in [4.78, 5) is 19.7. The van der Waals surface area contributed by atoms with Crippen molar-refractivity contribution in [1.29, 1.82) is 0 Å². The maximum atomic E-state index is 12.8. The maximum absolute atomic E-state index is 12.8. The van der Waals surface area contributed by atoms with E-state index in [0.717, 1.165) is 42.5 Å². The second kappa shape index (κ2) is 8.62. The Labute approximate surface area is 172 Å². The van der Waals surface area contributed by atoms with Crippen molar-refractivity contribution in [2.75, 3.05) is 26.0 Å². The van der Waals surface area contributed by atoms with E-state index in [1.165, 1.54) is 5.56 Å². The lowest BCUT2D eigenvalue weighted by atomic mass is 10.0. The third-order valence-electron chi connectivity index (χ3n) is 5.44. The average Bonchev–Trinajstić information content (AvgIpc) is 3.55. The van der Waals surface area contributed by atoms with E-state index in [1.54, 1.807) is 0 Å². The first-order valence-electron chi connectivity index (χ1n) is 10.2. The lowest BCUT2D eigenvalue weighted by Gasteiger charge is -2.25. The molecule has 5 nitrogen and oxygen atoms in total. The fourth-order valence-corrected chi connectivity index (χ4v) is 3.49. The van der Waals surface area contributed by atoms with Gasteiger partial charge in [0.1, 0.15) is 5.82 Å². The van der Waals surface area contributed by atoms with Gasteiger partial charge in [-0.15, -0.1) is 0 Å². The molecular formula is C24H28N4O. The number of hydrogen-bond donors (Lipinski definition) is 2. The molecule has 0 spiro atoms. The van der Waals surface area contributed by atoms with Crippen LogP contribution >= 0.6 is 0 Å². The molecule has 1 saturated carbocycles. The number of nitrogens with one attached hydrogen (secondary N) is 2. The smallest absolute Gasteiger partial charge is 0.252 e. The molecular weight excluding hydrogens is 360 g/mol. The Morgan fingerprint density at radius 2 is 1.83 bits per heavy atom. The monoisotopic (exact) mass is 388 g/mol. The first kappa shape index (κ1) is 19.4. The van der Waals surface area contributed by atoms with Crippen molar-refractivity contribution in [2.45, 2.75) is 31.3 Å². The quantitative estimate of drug-likeness (QED) is 0.618. The van der Waals surface area contributed by atoms with E-state index in [1.807, 2.05) is 36.4 Å². The fourth-order valence-electron chi connectivity index (χ4n) is 3.49. The summed E-state index contributed by atoms with van der Waals surface area (Å²) in [5.41, 5.74) is 2.83. The number of anilines is 1. The molecule has 29 heavy (non-hydrogen) atoms. The number of carbonyl (C=O) groups is 1. The molecule has 4 rings (SSSR count). The Kier molecular flexibility index (Phi) is 5.76. The molecule has 1 heterocycles. The second-order valence-corrected chi connectivity index (χ2v) is 8.01. The molecule has 1 unspecified atom stereocenters. The predicted octanol–water partition coefficient (Wildman–Crippen LogP) is 3.71. The number of carbonyl (C=O) groups excluding carboxylic acids is 1. The molecule has 2 aromatic carbocycles. The maximum Gasteiger partial charge on any atom is 0.252 e. The zero-order valence-electron chi connectivity index (χ0n) is 17.1. The third kappa shape index (κ3) is 4.93. The van der Waals surface area contributed by atoms with E-state index >= 15 is 0 Å². The van der Waals surface area contributed by atoms with Crippen molar-refractivity contribution in [3.05, 3.63) is 71.8 Å². The fraction of sp³-hybridized carbons (Fsp3) is 0.333. The van der Waals surface area contributed by atoms with Gasteiger partial charge in [0.2, 0.25) is 0 Å². The van der Waals surface area contributed by atoms with Gasteiger partial charge in [0, 0.05) is 24.0 Å². The molecule has 0 radical (unpaired) electrons. The number of likely N-dealkylation sites (N-methyl/N-ethyl adjacent to an activating group) is 1. The van der Waals surface area contributed by atoms with Gasteiger partial charge in [0.15, 0.2) is 0 Å². The summed E-state index contributed by atoms with van der Waals surface area (Å²) in [6, 6.07) is 20.9. The largest absolute Gasteiger partial charge is 0.368 e. The Hall–Kier alpha value is -2.92. The molecule has 5 heteroatoms. The molecule has 2 N–H and O–H groups in total. The van der Waals surface area contributed by atoms with Gasteiger partial charge in [0.05, 0.1) is 11.1 Å². The first-order chi connectivity index (χ1) is 14.1. The number of amides is 1. The summed E-state index contributed by atoms with van der Waals surface area (Å²) in [5.74, 6) is 0.729. The molecule has 1 amide bonds. The standard InChI is InChI=1S/C24H28N4O/c1-28(2)19(14-17-8-4-3-5-9-17)16-25-23-15-21(24(29)26-18-12-13-18)20-10-6-7-11-22(20)27-23/h3-11,15,18-19H,12-14,16H2,1-2H3,(H,25,27)(H,26,29). The molecule has 150 valence electrons. The van der Waals surface area contributed by atoms with Crippen molar-refractivity contribution < 1.29 is 4.79 Å². The average molecular weight is 389 g/mol. The zero-order chi connectivity index (χ0) is 20.2. The zero-order valence-corrected chi connectivity index (χ0v) is 17.1. The SMILES string of the molecule is CN(C)C(CNc1cc(C(=O)NC2CC2)c2ccccc2n1)Cc1ccccc1. The minimum atomic E-state index is -0.0115. The van der Waals surface area contributed by atoms with Crippen LogP contribution in [0.5, 0.6) is 0 Å². The second-order valence-electron chi connectivity index (χ2n) is 8.01. The summed E-state index contributed by atoms with van der Waals surface area (Å²) >= 11 is 0. The highest BCUT2D eigenvalue weighted by Gasteiger charge is 2.25. The van der Waals surface area contributed by atoms with Gasteiger partial charge in [0.25, 0.3) is 5.91 Å². The molecule has 1 atom stereocenters. The van der Waals surface area contributed by atoms with Crippen LogP contribution in [0.15, 0.2) is 60.7 Å². The van der Waals surface area contributed by atoms with Gasteiger partial charge >= 0.3 is 0 Å². The number of nitrogens with zero attached hydrogens (tertiary/aromatic N) is 2. The number of benzene rings is 2.